The number of aromatic nitrogens is 2. The number of hydrogen-bond acceptors (Lipinski definition) is 5. The van der Waals surface area contributed by atoms with Crippen LogP contribution in [-0.2, 0) is 6.54 Å². The molecule has 0 unspecified atom stereocenters. The Kier molecular flexibility index (Phi) is 3.22. The van der Waals surface area contributed by atoms with Crippen LogP contribution in [0.15, 0.2) is 10.9 Å². The van der Waals surface area contributed by atoms with Gasteiger partial charge >= 0.3 is 0 Å². The maximum Gasteiger partial charge on any atom is 0.259 e. The summed E-state index contributed by atoms with van der Waals surface area (Å²) in [7, 11) is 0. The molecule has 0 saturated carbocycles. The Morgan fingerprint density at radius 3 is 3.06 bits per heavy atom. The minimum Gasteiger partial charge on any atom is -0.311 e. The average Bonchev–Trinajstić information content (AvgIpc) is 2.62. The van der Waals surface area contributed by atoms with E-state index in [1.54, 1.807) is 0 Å². The van der Waals surface area contributed by atoms with Gasteiger partial charge in [-0.25, -0.2) is 9.38 Å². The van der Waals surface area contributed by atoms with E-state index in [4.69, 9.17) is 5.26 Å². The smallest absolute Gasteiger partial charge is 0.259 e. The molecule has 0 fully saturated rings. The molecule has 0 atom stereocenters. The molecule has 17 heavy (non-hydrogen) atoms. The van der Waals surface area contributed by atoms with Crippen LogP contribution in [-0.4, -0.2) is 15.9 Å². The normalized spacial score (nSPS) is 10.6. The summed E-state index contributed by atoms with van der Waals surface area (Å²) in [6.45, 7) is 5.21. The molecule has 6 heteroatoms. The Morgan fingerprint density at radius 2 is 2.41 bits per heavy atom. The van der Waals surface area contributed by atoms with Crippen LogP contribution < -0.4 is 10.9 Å². The molecule has 2 aromatic rings. The summed E-state index contributed by atoms with van der Waals surface area (Å²) in [4.78, 5) is 17.7. The molecular formula is C11H12N4OS. The van der Waals surface area contributed by atoms with Crippen molar-refractivity contribution >= 4 is 16.3 Å². The number of aryl methyl sites for hydroxylation is 1. The SMILES string of the molecule is CCNCc1cc(=O)n2c(C#N)c(C)sc2n1. The van der Waals surface area contributed by atoms with E-state index in [-0.39, 0.29) is 5.56 Å². The third kappa shape index (κ3) is 2.07. The molecule has 0 radical (unpaired) electrons. The summed E-state index contributed by atoms with van der Waals surface area (Å²) in [5.41, 5.74) is 0.906. The summed E-state index contributed by atoms with van der Waals surface area (Å²) in [5.74, 6) is 0. The maximum atomic E-state index is 11.9. The summed E-state index contributed by atoms with van der Waals surface area (Å²) < 4.78 is 1.37. The summed E-state index contributed by atoms with van der Waals surface area (Å²) in [5, 5.41) is 12.1. The van der Waals surface area contributed by atoms with Crippen molar-refractivity contribution in [3.05, 3.63) is 32.7 Å². The monoisotopic (exact) mass is 248 g/mol. The van der Waals surface area contributed by atoms with Crippen molar-refractivity contribution < 1.29 is 0 Å². The van der Waals surface area contributed by atoms with Crippen molar-refractivity contribution in [2.75, 3.05) is 6.54 Å². The number of nitriles is 1. The molecule has 2 aromatic heterocycles. The minimum atomic E-state index is -0.191. The van der Waals surface area contributed by atoms with Crippen LogP contribution in [0.4, 0.5) is 0 Å². The van der Waals surface area contributed by atoms with Gasteiger partial charge < -0.3 is 5.32 Å². The van der Waals surface area contributed by atoms with Crippen LogP contribution in [0.3, 0.4) is 0 Å². The van der Waals surface area contributed by atoms with Crippen LogP contribution in [0, 0.1) is 18.3 Å². The number of hydrogen-bond donors (Lipinski definition) is 1. The third-order valence-electron chi connectivity index (χ3n) is 2.40. The summed E-state index contributed by atoms with van der Waals surface area (Å²) >= 11 is 1.37. The molecule has 1 N–H and O–H groups in total. The van der Waals surface area contributed by atoms with Gasteiger partial charge in [-0.1, -0.05) is 6.92 Å². The zero-order valence-electron chi connectivity index (χ0n) is 9.65. The molecule has 0 aliphatic carbocycles. The molecule has 0 aromatic carbocycles. The van der Waals surface area contributed by atoms with Crippen LogP contribution in [0.25, 0.3) is 4.96 Å². The lowest BCUT2D eigenvalue weighted by Crippen LogP contribution is -2.19. The van der Waals surface area contributed by atoms with E-state index in [0.717, 1.165) is 11.4 Å². The second-order valence-corrected chi connectivity index (χ2v) is 4.78. The van der Waals surface area contributed by atoms with Crippen LogP contribution >= 0.6 is 11.3 Å². The zero-order chi connectivity index (χ0) is 12.4. The van der Waals surface area contributed by atoms with Crippen LogP contribution in [0.2, 0.25) is 0 Å². The third-order valence-corrected chi connectivity index (χ3v) is 3.36. The average molecular weight is 248 g/mol. The number of nitrogens with one attached hydrogen (secondary N) is 1. The molecule has 5 nitrogen and oxygen atoms in total. The van der Waals surface area contributed by atoms with Crippen molar-refractivity contribution in [3.63, 3.8) is 0 Å². The Morgan fingerprint density at radius 1 is 1.65 bits per heavy atom. The van der Waals surface area contributed by atoms with Gasteiger partial charge in [-0.15, -0.1) is 11.3 Å². The highest BCUT2D eigenvalue weighted by atomic mass is 32.1. The highest BCUT2D eigenvalue weighted by Gasteiger charge is 2.12. The molecule has 0 bridgehead atoms. The highest BCUT2D eigenvalue weighted by Crippen LogP contribution is 2.18. The molecule has 2 heterocycles. The Labute approximate surface area is 102 Å². The van der Waals surface area contributed by atoms with Crippen molar-refractivity contribution in [3.8, 4) is 6.07 Å². The second kappa shape index (κ2) is 4.65. The molecular weight excluding hydrogens is 236 g/mol. The van der Waals surface area contributed by atoms with Gasteiger partial charge in [0.1, 0.15) is 11.8 Å². The van der Waals surface area contributed by atoms with Crippen molar-refractivity contribution in [1.29, 1.82) is 5.26 Å². The Bertz CT molecular complexity index is 650. The first kappa shape index (κ1) is 11.8. The predicted molar refractivity (Wildman–Crippen MR) is 66.2 cm³/mol. The maximum absolute atomic E-state index is 11.9. The van der Waals surface area contributed by atoms with Gasteiger partial charge in [0.25, 0.3) is 5.56 Å². The van der Waals surface area contributed by atoms with Crippen LogP contribution in [0.1, 0.15) is 23.2 Å². The second-order valence-electron chi connectivity index (χ2n) is 3.60. The van der Waals surface area contributed by atoms with E-state index in [2.05, 4.69) is 10.3 Å². The zero-order valence-corrected chi connectivity index (χ0v) is 10.5. The van der Waals surface area contributed by atoms with E-state index < -0.39 is 0 Å². The largest absolute Gasteiger partial charge is 0.311 e. The van der Waals surface area contributed by atoms with E-state index in [1.165, 1.54) is 21.8 Å². The lowest BCUT2D eigenvalue weighted by molar-refractivity contribution is 0.709. The van der Waals surface area contributed by atoms with Gasteiger partial charge in [-0.3, -0.25) is 4.79 Å². The molecule has 0 aliphatic heterocycles. The fourth-order valence-electron chi connectivity index (χ4n) is 1.60. The molecule has 0 spiro atoms. The Balaban J connectivity index is 2.61. The first-order valence-corrected chi connectivity index (χ1v) is 6.12. The van der Waals surface area contributed by atoms with Gasteiger partial charge in [0, 0.05) is 17.5 Å². The fraction of sp³-hybridized carbons (Fsp3) is 0.364. The summed E-state index contributed by atoms with van der Waals surface area (Å²) in [6, 6.07) is 3.51. The van der Waals surface area contributed by atoms with E-state index >= 15 is 0 Å². The molecule has 88 valence electrons. The van der Waals surface area contributed by atoms with Gasteiger partial charge in [-0.2, -0.15) is 5.26 Å². The lowest BCUT2D eigenvalue weighted by Gasteiger charge is -2.01. The number of fused-ring (bicyclic) bond motifs is 1. The van der Waals surface area contributed by atoms with E-state index in [1.807, 2.05) is 19.9 Å². The van der Waals surface area contributed by atoms with Gasteiger partial charge in [0.15, 0.2) is 4.96 Å². The van der Waals surface area contributed by atoms with Gasteiger partial charge in [0.05, 0.1) is 5.69 Å². The quantitative estimate of drug-likeness (QED) is 0.881. The standard InChI is InChI=1S/C11H12N4OS/c1-3-13-6-8-4-10(16)15-9(5-12)7(2)17-11(15)14-8/h4,13H,3,6H2,1-2H3. The number of rotatable bonds is 3. The molecule has 2 rings (SSSR count). The first-order valence-electron chi connectivity index (χ1n) is 5.30. The first-order chi connectivity index (χ1) is 8.17. The van der Waals surface area contributed by atoms with Gasteiger partial charge in [0.2, 0.25) is 0 Å². The van der Waals surface area contributed by atoms with E-state index in [0.29, 0.717) is 22.9 Å². The highest BCUT2D eigenvalue weighted by molar-refractivity contribution is 7.17. The topological polar surface area (TPSA) is 70.2 Å². The van der Waals surface area contributed by atoms with Crippen LogP contribution in [0.5, 0.6) is 0 Å². The van der Waals surface area contributed by atoms with Crippen molar-refractivity contribution in [2.45, 2.75) is 20.4 Å². The molecule has 0 saturated heterocycles. The summed E-state index contributed by atoms with van der Waals surface area (Å²) in [6.07, 6.45) is 0. The number of thiazole rings is 1. The minimum absolute atomic E-state index is 0.191. The van der Waals surface area contributed by atoms with E-state index in [9.17, 15) is 4.79 Å². The van der Waals surface area contributed by atoms with Crippen molar-refractivity contribution in [1.82, 2.24) is 14.7 Å². The Hall–Kier alpha value is -1.71. The van der Waals surface area contributed by atoms with Gasteiger partial charge in [-0.05, 0) is 13.5 Å². The lowest BCUT2D eigenvalue weighted by atomic mass is 10.3. The van der Waals surface area contributed by atoms with Crippen molar-refractivity contribution in [2.24, 2.45) is 0 Å². The predicted octanol–water partition coefficient (Wildman–Crippen LogP) is 1.05. The molecule has 0 amide bonds. The fourth-order valence-corrected chi connectivity index (χ4v) is 2.54. The number of nitrogens with zero attached hydrogens (tertiary/aromatic N) is 3. The molecule has 0 aliphatic rings.